The van der Waals surface area contributed by atoms with Crippen LogP contribution in [-0.4, -0.2) is 5.78 Å². The molecule has 0 spiro atoms. The monoisotopic (exact) mass is 206 g/mol. The van der Waals surface area contributed by atoms with Gasteiger partial charge in [-0.25, -0.2) is 0 Å². The molecule has 0 radical (unpaired) electrons. The van der Waals surface area contributed by atoms with Gasteiger partial charge in [0.05, 0.1) is 0 Å². The van der Waals surface area contributed by atoms with Gasteiger partial charge in [0, 0.05) is 5.92 Å². The maximum Gasteiger partial charge on any atom is 0.133 e. The summed E-state index contributed by atoms with van der Waals surface area (Å²) in [5.41, 5.74) is 0. The lowest BCUT2D eigenvalue weighted by molar-refractivity contribution is -0.123. The van der Waals surface area contributed by atoms with Crippen molar-refractivity contribution >= 4 is 5.78 Å². The number of carbonyl (C=O) groups is 1. The van der Waals surface area contributed by atoms with E-state index < -0.39 is 0 Å². The molecule has 0 aromatic carbocycles. The Bertz CT molecular complexity index is 279. The molecule has 0 N–H and O–H groups in total. The number of hydrogen-bond donors (Lipinski definition) is 0. The lowest BCUT2D eigenvalue weighted by atomic mass is 9.76. The highest BCUT2D eigenvalue weighted by Crippen LogP contribution is 2.50. The van der Waals surface area contributed by atoms with E-state index in [-0.39, 0.29) is 0 Å². The maximum absolute atomic E-state index is 11.7. The largest absolute Gasteiger partial charge is 0.300 e. The van der Waals surface area contributed by atoms with E-state index in [0.717, 1.165) is 5.92 Å². The zero-order valence-corrected chi connectivity index (χ0v) is 10.1. The Morgan fingerprint density at radius 3 is 2.67 bits per heavy atom. The summed E-state index contributed by atoms with van der Waals surface area (Å²) in [4.78, 5) is 11.7. The first-order valence-corrected chi connectivity index (χ1v) is 6.32. The van der Waals surface area contributed by atoms with Crippen molar-refractivity contribution in [3.05, 3.63) is 12.2 Å². The van der Waals surface area contributed by atoms with Crippen molar-refractivity contribution in [1.29, 1.82) is 0 Å². The smallest absolute Gasteiger partial charge is 0.133 e. The lowest BCUT2D eigenvalue weighted by Crippen LogP contribution is -2.27. The second kappa shape index (κ2) is 4.11. The predicted molar refractivity (Wildman–Crippen MR) is 62.5 cm³/mol. The highest BCUT2D eigenvalue weighted by Gasteiger charge is 2.46. The van der Waals surface area contributed by atoms with Gasteiger partial charge < -0.3 is 0 Å². The summed E-state index contributed by atoms with van der Waals surface area (Å²) in [6, 6.07) is 0. The van der Waals surface area contributed by atoms with Crippen LogP contribution in [0.3, 0.4) is 0 Å². The third-order valence-electron chi connectivity index (χ3n) is 4.46. The molecule has 1 heteroatoms. The van der Waals surface area contributed by atoms with Gasteiger partial charge in [-0.2, -0.15) is 0 Å². The van der Waals surface area contributed by atoms with Gasteiger partial charge in [-0.05, 0) is 43.4 Å². The Morgan fingerprint density at radius 1 is 1.40 bits per heavy atom. The molecule has 0 heterocycles. The van der Waals surface area contributed by atoms with Gasteiger partial charge in [0.2, 0.25) is 0 Å². The Labute approximate surface area is 92.9 Å². The number of rotatable bonds is 4. The van der Waals surface area contributed by atoms with Crippen molar-refractivity contribution in [2.45, 2.75) is 40.0 Å². The third-order valence-corrected chi connectivity index (χ3v) is 4.46. The van der Waals surface area contributed by atoms with Crippen LogP contribution in [0.15, 0.2) is 12.2 Å². The average Bonchev–Trinajstić information content (AvgIpc) is 2.77. The average molecular weight is 206 g/mol. The summed E-state index contributed by atoms with van der Waals surface area (Å²) in [5.74, 6) is 3.45. The summed E-state index contributed by atoms with van der Waals surface area (Å²) >= 11 is 0. The number of carbonyl (C=O) groups excluding carboxylic acids is 1. The molecule has 0 aliphatic heterocycles. The number of ketones is 1. The van der Waals surface area contributed by atoms with Gasteiger partial charge in [0.25, 0.3) is 0 Å². The van der Waals surface area contributed by atoms with Gasteiger partial charge in [0.1, 0.15) is 5.78 Å². The highest BCUT2D eigenvalue weighted by molar-refractivity contribution is 5.80. The van der Waals surface area contributed by atoms with Crippen LogP contribution in [0.4, 0.5) is 0 Å². The number of allylic oxidation sites excluding steroid dienone is 2. The molecule has 2 aliphatic carbocycles. The number of hydrogen-bond acceptors (Lipinski definition) is 1. The molecule has 5 unspecified atom stereocenters. The number of fused-ring (bicyclic) bond motifs is 2. The quantitative estimate of drug-likeness (QED) is 0.644. The van der Waals surface area contributed by atoms with Crippen molar-refractivity contribution in [2.24, 2.45) is 29.6 Å². The maximum atomic E-state index is 11.7. The second-order valence-corrected chi connectivity index (χ2v) is 5.50. The van der Waals surface area contributed by atoms with E-state index in [1.165, 1.54) is 19.3 Å². The molecular formula is C14H22O. The van der Waals surface area contributed by atoms with Crippen LogP contribution in [0.2, 0.25) is 0 Å². The Hall–Kier alpha value is -0.590. The van der Waals surface area contributed by atoms with E-state index in [4.69, 9.17) is 0 Å². The molecule has 84 valence electrons. The van der Waals surface area contributed by atoms with E-state index in [0.29, 0.717) is 29.5 Å². The minimum absolute atomic E-state index is 0.342. The summed E-state index contributed by atoms with van der Waals surface area (Å²) in [6.45, 7) is 6.34. The van der Waals surface area contributed by atoms with Gasteiger partial charge >= 0.3 is 0 Å². The molecule has 5 atom stereocenters. The SMILES string of the molecule is CCC(C)CC1C2C=CC(C2)C1C(C)=O. The van der Waals surface area contributed by atoms with Crippen LogP contribution in [-0.2, 0) is 4.79 Å². The van der Waals surface area contributed by atoms with E-state index in [9.17, 15) is 4.79 Å². The molecule has 2 bridgehead atoms. The first-order valence-electron chi connectivity index (χ1n) is 6.32. The highest BCUT2D eigenvalue weighted by atomic mass is 16.1. The molecule has 2 aliphatic rings. The molecular weight excluding hydrogens is 184 g/mol. The fraction of sp³-hybridized carbons (Fsp3) is 0.786. The van der Waals surface area contributed by atoms with Crippen molar-refractivity contribution in [2.75, 3.05) is 0 Å². The molecule has 0 amide bonds. The zero-order chi connectivity index (χ0) is 11.0. The Morgan fingerprint density at radius 2 is 2.07 bits per heavy atom. The minimum Gasteiger partial charge on any atom is -0.300 e. The van der Waals surface area contributed by atoms with E-state index >= 15 is 0 Å². The van der Waals surface area contributed by atoms with Gasteiger partial charge in [0.15, 0.2) is 0 Å². The summed E-state index contributed by atoms with van der Waals surface area (Å²) in [7, 11) is 0. The van der Waals surface area contributed by atoms with Gasteiger partial charge in [-0.15, -0.1) is 0 Å². The zero-order valence-electron chi connectivity index (χ0n) is 10.1. The molecule has 1 saturated carbocycles. The first kappa shape index (κ1) is 10.9. The molecule has 0 saturated heterocycles. The van der Waals surface area contributed by atoms with Crippen LogP contribution < -0.4 is 0 Å². The third kappa shape index (κ3) is 1.89. The summed E-state index contributed by atoms with van der Waals surface area (Å²) in [6.07, 6.45) is 8.36. The lowest BCUT2D eigenvalue weighted by Gasteiger charge is -2.28. The minimum atomic E-state index is 0.342. The van der Waals surface area contributed by atoms with Gasteiger partial charge in [-0.3, -0.25) is 4.79 Å². The molecule has 1 nitrogen and oxygen atoms in total. The van der Waals surface area contributed by atoms with Gasteiger partial charge in [-0.1, -0.05) is 32.4 Å². The Balaban J connectivity index is 2.09. The van der Waals surface area contributed by atoms with Crippen LogP contribution in [0.1, 0.15) is 40.0 Å². The van der Waals surface area contributed by atoms with Crippen LogP contribution in [0, 0.1) is 29.6 Å². The van der Waals surface area contributed by atoms with Crippen molar-refractivity contribution in [3.8, 4) is 0 Å². The van der Waals surface area contributed by atoms with E-state index in [2.05, 4.69) is 26.0 Å². The fourth-order valence-corrected chi connectivity index (χ4v) is 3.48. The standard InChI is InChI=1S/C14H22O/c1-4-9(2)7-13-11-5-6-12(8-11)14(13)10(3)15/h5-6,9,11-14H,4,7-8H2,1-3H3. The van der Waals surface area contributed by atoms with Crippen molar-refractivity contribution < 1.29 is 4.79 Å². The van der Waals surface area contributed by atoms with Crippen molar-refractivity contribution in [3.63, 3.8) is 0 Å². The van der Waals surface area contributed by atoms with Crippen LogP contribution in [0.25, 0.3) is 0 Å². The predicted octanol–water partition coefficient (Wildman–Crippen LogP) is 3.45. The Kier molecular flexibility index (Phi) is 2.99. The van der Waals surface area contributed by atoms with Crippen molar-refractivity contribution in [1.82, 2.24) is 0 Å². The molecule has 2 rings (SSSR count). The molecule has 15 heavy (non-hydrogen) atoms. The van der Waals surface area contributed by atoms with Crippen LogP contribution >= 0.6 is 0 Å². The fourth-order valence-electron chi connectivity index (χ4n) is 3.48. The summed E-state index contributed by atoms with van der Waals surface area (Å²) < 4.78 is 0. The molecule has 0 aromatic heterocycles. The van der Waals surface area contributed by atoms with E-state index in [1.807, 2.05) is 0 Å². The summed E-state index contributed by atoms with van der Waals surface area (Å²) in [5, 5.41) is 0. The second-order valence-electron chi connectivity index (χ2n) is 5.50. The number of Topliss-reactive ketones (excluding diaryl/α,β-unsaturated/α-hetero) is 1. The normalized spacial score (nSPS) is 39.7. The molecule has 0 aromatic rings. The van der Waals surface area contributed by atoms with E-state index in [1.54, 1.807) is 6.92 Å². The first-order chi connectivity index (χ1) is 7.13. The van der Waals surface area contributed by atoms with Crippen LogP contribution in [0.5, 0.6) is 0 Å². The topological polar surface area (TPSA) is 17.1 Å². The molecule has 1 fully saturated rings.